The molecule has 5 rings (SSSR count). The van der Waals surface area contributed by atoms with Crippen molar-refractivity contribution in [2.24, 2.45) is 12.8 Å². The third kappa shape index (κ3) is 5.17. The van der Waals surface area contributed by atoms with Gasteiger partial charge in [0.1, 0.15) is 22.1 Å². The summed E-state index contributed by atoms with van der Waals surface area (Å²) in [5, 5.41) is 4.96. The largest absolute Gasteiger partial charge is 0.382 e. The number of aromatic nitrogens is 3. The van der Waals surface area contributed by atoms with Crippen LogP contribution in [0.2, 0.25) is 5.02 Å². The van der Waals surface area contributed by atoms with E-state index in [-0.39, 0.29) is 17.5 Å². The number of pyridine rings is 1. The lowest BCUT2D eigenvalue weighted by molar-refractivity contribution is 0.573. The van der Waals surface area contributed by atoms with Gasteiger partial charge in [-0.15, -0.1) is 0 Å². The van der Waals surface area contributed by atoms with E-state index in [1.807, 2.05) is 0 Å². The molecule has 1 saturated carbocycles. The first-order valence-corrected chi connectivity index (χ1v) is 14.6. The number of nitrogens with zero attached hydrogens (tertiary/aromatic N) is 3. The molecular formula is C29H28ClF2N5O2S. The molecule has 1 aliphatic carbocycles. The Balaban J connectivity index is 1.64. The van der Waals surface area contributed by atoms with Crippen LogP contribution in [0.15, 0.2) is 42.5 Å². The highest BCUT2D eigenvalue weighted by molar-refractivity contribution is 7.93. The molecule has 0 bridgehead atoms. The van der Waals surface area contributed by atoms with Crippen molar-refractivity contribution >= 4 is 38.2 Å². The van der Waals surface area contributed by atoms with E-state index in [0.29, 0.717) is 56.8 Å². The summed E-state index contributed by atoms with van der Waals surface area (Å²) in [6, 6.07) is 9.42. The molecule has 4 aromatic rings. The first-order chi connectivity index (χ1) is 18.8. The zero-order chi connectivity index (χ0) is 29.0. The smallest absolute Gasteiger partial charge is 0.169 e. The molecule has 0 amide bonds. The first-order valence-electron chi connectivity index (χ1n) is 12.7. The number of sulfone groups is 1. The summed E-state index contributed by atoms with van der Waals surface area (Å²) in [4.78, 5) is 4.73. The maximum Gasteiger partial charge on any atom is 0.169 e. The van der Waals surface area contributed by atoms with Crippen molar-refractivity contribution in [3.63, 3.8) is 0 Å². The van der Waals surface area contributed by atoms with E-state index in [2.05, 4.69) is 16.9 Å². The molecule has 0 radical (unpaired) electrons. The maximum absolute atomic E-state index is 13.9. The molecule has 11 heteroatoms. The van der Waals surface area contributed by atoms with Crippen LogP contribution < -0.4 is 11.5 Å². The summed E-state index contributed by atoms with van der Waals surface area (Å²) in [7, 11) is -1.68. The predicted molar refractivity (Wildman–Crippen MR) is 153 cm³/mol. The Kier molecular flexibility index (Phi) is 7.11. The van der Waals surface area contributed by atoms with Crippen molar-refractivity contribution in [1.82, 2.24) is 14.8 Å². The SMILES string of the molecule is Cn1nc(N)c2c(Cl)ccc(-c3ccc(C#CC(C)(C)S(=O)(=O)C4CC4)nc3[C@@H](N)Cc3cc(F)cc(F)c3)c21. The number of nitrogens with two attached hydrogens (primary N) is 2. The van der Waals surface area contributed by atoms with Gasteiger partial charge in [0, 0.05) is 24.2 Å². The van der Waals surface area contributed by atoms with E-state index >= 15 is 0 Å². The van der Waals surface area contributed by atoms with Crippen molar-refractivity contribution in [2.75, 3.05) is 5.73 Å². The Morgan fingerprint density at radius 2 is 1.77 bits per heavy atom. The highest BCUT2D eigenvalue weighted by Gasteiger charge is 2.45. The van der Waals surface area contributed by atoms with Crippen LogP contribution in [0.5, 0.6) is 0 Å². The number of hydrogen-bond donors (Lipinski definition) is 2. The van der Waals surface area contributed by atoms with E-state index in [9.17, 15) is 17.2 Å². The van der Waals surface area contributed by atoms with Gasteiger partial charge in [-0.2, -0.15) is 5.10 Å². The van der Waals surface area contributed by atoms with E-state index < -0.39 is 32.3 Å². The second-order valence-electron chi connectivity index (χ2n) is 10.5. The second-order valence-corrected chi connectivity index (χ2v) is 13.7. The first kappa shape index (κ1) is 28.0. The Labute approximate surface area is 236 Å². The average Bonchev–Trinajstić information content (AvgIpc) is 3.68. The molecule has 0 aliphatic heterocycles. The van der Waals surface area contributed by atoms with Gasteiger partial charge in [0.2, 0.25) is 0 Å². The Morgan fingerprint density at radius 3 is 2.42 bits per heavy atom. The Morgan fingerprint density at radius 1 is 1.12 bits per heavy atom. The summed E-state index contributed by atoms with van der Waals surface area (Å²) >= 11 is 6.43. The molecule has 4 N–H and O–H groups in total. The minimum Gasteiger partial charge on any atom is -0.382 e. The van der Waals surface area contributed by atoms with Crippen LogP contribution in [0.4, 0.5) is 14.6 Å². The number of fused-ring (bicyclic) bond motifs is 1. The molecule has 2 aromatic heterocycles. The number of nitrogen functional groups attached to an aromatic ring is 1. The lowest BCUT2D eigenvalue weighted by Crippen LogP contribution is -2.33. The van der Waals surface area contributed by atoms with Gasteiger partial charge in [0.25, 0.3) is 0 Å². The molecule has 0 unspecified atom stereocenters. The molecule has 0 saturated heterocycles. The van der Waals surface area contributed by atoms with Crippen LogP contribution in [0, 0.1) is 23.5 Å². The van der Waals surface area contributed by atoms with Gasteiger partial charge in [-0.25, -0.2) is 22.2 Å². The van der Waals surface area contributed by atoms with Gasteiger partial charge < -0.3 is 11.5 Å². The van der Waals surface area contributed by atoms with E-state index in [1.54, 1.807) is 49.8 Å². The molecule has 208 valence electrons. The molecule has 7 nitrogen and oxygen atoms in total. The van der Waals surface area contributed by atoms with Gasteiger partial charge in [0.15, 0.2) is 15.7 Å². The lowest BCUT2D eigenvalue weighted by atomic mass is 9.94. The summed E-state index contributed by atoms with van der Waals surface area (Å²) in [5.41, 5.74) is 15.8. The fraction of sp³-hybridized carbons (Fsp3) is 0.310. The lowest BCUT2D eigenvalue weighted by Gasteiger charge is -2.19. The Hall–Kier alpha value is -3.52. The summed E-state index contributed by atoms with van der Waals surface area (Å²) < 4.78 is 53.9. The molecule has 2 heterocycles. The maximum atomic E-state index is 13.9. The van der Waals surface area contributed by atoms with E-state index in [0.717, 1.165) is 6.07 Å². The van der Waals surface area contributed by atoms with Crippen LogP contribution in [-0.4, -0.2) is 33.2 Å². The van der Waals surface area contributed by atoms with Gasteiger partial charge >= 0.3 is 0 Å². The molecule has 1 aliphatic rings. The van der Waals surface area contributed by atoms with E-state index in [1.165, 1.54) is 12.1 Å². The monoisotopic (exact) mass is 583 g/mol. The van der Waals surface area contributed by atoms with Crippen molar-refractivity contribution < 1.29 is 17.2 Å². The minimum atomic E-state index is -3.42. The normalized spacial score (nSPS) is 14.7. The van der Waals surface area contributed by atoms with E-state index in [4.69, 9.17) is 28.1 Å². The van der Waals surface area contributed by atoms with Crippen LogP contribution in [0.25, 0.3) is 22.0 Å². The van der Waals surface area contributed by atoms with Crippen LogP contribution >= 0.6 is 11.6 Å². The number of aryl methyl sites for hydroxylation is 1. The highest BCUT2D eigenvalue weighted by Crippen LogP contribution is 2.39. The predicted octanol–water partition coefficient (Wildman–Crippen LogP) is 5.10. The van der Waals surface area contributed by atoms with Gasteiger partial charge in [-0.05, 0) is 74.9 Å². The number of hydrogen-bond acceptors (Lipinski definition) is 6. The number of benzene rings is 2. The second kappa shape index (κ2) is 10.1. The van der Waals surface area contributed by atoms with Gasteiger partial charge in [-0.1, -0.05) is 23.6 Å². The average molecular weight is 584 g/mol. The quantitative estimate of drug-likeness (QED) is 0.305. The Bertz CT molecular complexity index is 1800. The standard InChI is InChI=1S/C29H28ClF2N5O2S/c1-29(2,40(38,39)20-5-6-20)11-10-19-4-7-21(22-8-9-23(30)25-27(22)37(3)36-28(25)34)26(35-19)24(33)14-16-12-17(31)15-18(32)13-16/h4,7-9,12-13,15,20,24H,5-6,14,33H2,1-3H3,(H2,34,36)/t24-/m0/s1. The fourth-order valence-electron chi connectivity index (χ4n) is 4.84. The van der Waals surface area contributed by atoms with Crippen LogP contribution in [0.1, 0.15) is 49.7 Å². The number of halogens is 3. The minimum absolute atomic E-state index is 0.0807. The van der Waals surface area contributed by atoms with Crippen molar-refractivity contribution in [2.45, 2.75) is 49.1 Å². The molecule has 0 spiro atoms. The summed E-state index contributed by atoms with van der Waals surface area (Å²) in [6.07, 6.45) is 1.37. The number of anilines is 1. The fourth-order valence-corrected chi connectivity index (χ4v) is 6.87. The van der Waals surface area contributed by atoms with Crippen molar-refractivity contribution in [1.29, 1.82) is 0 Å². The molecular weight excluding hydrogens is 556 g/mol. The summed E-state index contributed by atoms with van der Waals surface area (Å²) in [6.45, 7) is 3.18. The van der Waals surface area contributed by atoms with Crippen LogP contribution in [-0.2, 0) is 23.3 Å². The van der Waals surface area contributed by atoms with Crippen LogP contribution in [0.3, 0.4) is 0 Å². The highest BCUT2D eigenvalue weighted by atomic mass is 35.5. The molecule has 40 heavy (non-hydrogen) atoms. The van der Waals surface area contributed by atoms with Crippen molar-refractivity contribution in [3.8, 4) is 23.0 Å². The molecule has 1 fully saturated rings. The third-order valence-electron chi connectivity index (χ3n) is 7.07. The topological polar surface area (TPSA) is 117 Å². The number of rotatable bonds is 6. The molecule has 2 aromatic carbocycles. The summed E-state index contributed by atoms with van der Waals surface area (Å²) in [5.74, 6) is 4.65. The zero-order valence-electron chi connectivity index (χ0n) is 22.2. The zero-order valence-corrected chi connectivity index (χ0v) is 23.7. The molecule has 1 atom stereocenters. The van der Waals surface area contributed by atoms with Gasteiger partial charge in [0.05, 0.1) is 32.9 Å². The van der Waals surface area contributed by atoms with Gasteiger partial charge in [-0.3, -0.25) is 4.68 Å². The van der Waals surface area contributed by atoms with Crippen molar-refractivity contribution in [3.05, 3.63) is 76.1 Å². The third-order valence-corrected chi connectivity index (χ3v) is 10.3.